The van der Waals surface area contributed by atoms with Crippen molar-refractivity contribution < 1.29 is 4.79 Å². The Bertz CT molecular complexity index is 1110. The van der Waals surface area contributed by atoms with E-state index in [1.807, 2.05) is 60.1 Å². The van der Waals surface area contributed by atoms with E-state index in [1.165, 1.54) is 11.3 Å². The van der Waals surface area contributed by atoms with Crippen LogP contribution in [0.1, 0.15) is 20.9 Å². The van der Waals surface area contributed by atoms with Gasteiger partial charge in [-0.05, 0) is 55.8 Å². The number of carbonyl (C=O) groups is 1. The zero-order valence-electron chi connectivity index (χ0n) is 14.3. The Morgan fingerprint density at radius 1 is 1.12 bits per heavy atom. The molecule has 1 N–H and O–H groups in total. The van der Waals surface area contributed by atoms with E-state index in [0.717, 1.165) is 37.3 Å². The first kappa shape index (κ1) is 17.0. The fraction of sp³-hybridized carbons (Fsp3) is 0.100. The van der Waals surface area contributed by atoms with Crippen LogP contribution in [0, 0.1) is 13.8 Å². The molecule has 0 bridgehead atoms. The third-order valence-electron chi connectivity index (χ3n) is 4.21. The number of amides is 1. The van der Waals surface area contributed by atoms with Gasteiger partial charge in [0, 0.05) is 15.5 Å². The number of nitrogens with zero attached hydrogens (tertiary/aromatic N) is 2. The molecule has 2 heterocycles. The van der Waals surface area contributed by atoms with Gasteiger partial charge in [0.05, 0.1) is 16.3 Å². The third kappa shape index (κ3) is 3.06. The number of aromatic nitrogens is 2. The Kier molecular flexibility index (Phi) is 4.38. The van der Waals surface area contributed by atoms with Crippen LogP contribution in [0.25, 0.3) is 15.9 Å². The number of hydrogen-bond acceptors (Lipinski definition) is 3. The van der Waals surface area contributed by atoms with Crippen LogP contribution in [0.15, 0.2) is 59.1 Å². The van der Waals surface area contributed by atoms with Crippen molar-refractivity contribution in [2.45, 2.75) is 13.8 Å². The second-order valence-electron chi connectivity index (χ2n) is 6.07. The predicted molar refractivity (Wildman–Crippen MR) is 111 cm³/mol. The highest BCUT2D eigenvalue weighted by Crippen LogP contribution is 2.31. The Morgan fingerprint density at radius 3 is 2.58 bits per heavy atom. The molecule has 0 atom stereocenters. The second kappa shape index (κ2) is 6.70. The minimum absolute atomic E-state index is 0.107. The summed E-state index contributed by atoms with van der Waals surface area (Å²) in [6.45, 7) is 4.03. The van der Waals surface area contributed by atoms with Gasteiger partial charge < -0.3 is 5.32 Å². The van der Waals surface area contributed by atoms with E-state index in [2.05, 4.69) is 39.3 Å². The number of thiophene rings is 1. The van der Waals surface area contributed by atoms with Crippen LogP contribution in [0.4, 0.5) is 5.69 Å². The zero-order valence-corrected chi connectivity index (χ0v) is 16.7. The summed E-state index contributed by atoms with van der Waals surface area (Å²) in [5, 5.41) is 8.63. The number of aryl methyl sites for hydroxylation is 2. The number of nitrogens with one attached hydrogen (secondary N) is 1. The minimum atomic E-state index is -0.107. The summed E-state index contributed by atoms with van der Waals surface area (Å²) in [5.41, 5.74) is 3.87. The fourth-order valence-electron chi connectivity index (χ4n) is 2.85. The molecule has 0 fully saturated rings. The number of rotatable bonds is 3. The average molecular weight is 426 g/mol. The molecule has 26 heavy (non-hydrogen) atoms. The molecule has 130 valence electrons. The summed E-state index contributed by atoms with van der Waals surface area (Å²) in [4.78, 5) is 14.3. The molecular formula is C20H16BrN3OS. The van der Waals surface area contributed by atoms with E-state index >= 15 is 0 Å². The highest BCUT2D eigenvalue weighted by Gasteiger charge is 2.18. The number of carbonyl (C=O) groups excluding carboxylic acids is 1. The minimum Gasteiger partial charge on any atom is -0.321 e. The third-order valence-corrected chi connectivity index (χ3v) is 5.85. The summed E-state index contributed by atoms with van der Waals surface area (Å²) in [6, 6.07) is 17.6. The van der Waals surface area contributed by atoms with Gasteiger partial charge in [-0.2, -0.15) is 5.10 Å². The van der Waals surface area contributed by atoms with Crippen molar-refractivity contribution in [3.8, 4) is 5.69 Å². The van der Waals surface area contributed by atoms with Crippen molar-refractivity contribution in [3.05, 3.63) is 75.2 Å². The molecule has 0 saturated heterocycles. The van der Waals surface area contributed by atoms with Crippen molar-refractivity contribution in [3.63, 3.8) is 0 Å². The maximum atomic E-state index is 12.7. The van der Waals surface area contributed by atoms with E-state index < -0.39 is 0 Å². The van der Waals surface area contributed by atoms with Gasteiger partial charge in [0.25, 0.3) is 5.91 Å². The molecule has 1 amide bonds. The maximum Gasteiger partial charge on any atom is 0.265 e. The molecule has 0 spiro atoms. The molecule has 6 heteroatoms. The zero-order chi connectivity index (χ0) is 18.3. The van der Waals surface area contributed by atoms with Gasteiger partial charge in [0.2, 0.25) is 0 Å². The van der Waals surface area contributed by atoms with E-state index in [0.29, 0.717) is 4.88 Å². The van der Waals surface area contributed by atoms with Crippen LogP contribution in [0.2, 0.25) is 0 Å². The molecule has 0 aliphatic rings. The molecule has 0 unspecified atom stereocenters. The first-order valence-electron chi connectivity index (χ1n) is 8.15. The Labute approximate surface area is 163 Å². The first-order valence-corrected chi connectivity index (χ1v) is 9.76. The molecule has 0 aliphatic carbocycles. The average Bonchev–Trinajstić information content (AvgIpc) is 3.19. The van der Waals surface area contributed by atoms with E-state index in [-0.39, 0.29) is 5.91 Å². The smallest absolute Gasteiger partial charge is 0.265 e. The highest BCUT2D eigenvalue weighted by atomic mass is 79.9. The molecule has 0 aliphatic heterocycles. The van der Waals surface area contributed by atoms with Crippen LogP contribution < -0.4 is 5.32 Å². The number of benzene rings is 2. The van der Waals surface area contributed by atoms with Gasteiger partial charge in [-0.25, -0.2) is 4.68 Å². The lowest BCUT2D eigenvalue weighted by Gasteiger charge is -2.06. The number of anilines is 1. The lowest BCUT2D eigenvalue weighted by molar-refractivity contribution is 0.103. The van der Waals surface area contributed by atoms with Gasteiger partial charge in [-0.1, -0.05) is 34.1 Å². The maximum absolute atomic E-state index is 12.7. The van der Waals surface area contributed by atoms with Crippen LogP contribution in [-0.4, -0.2) is 15.7 Å². The van der Waals surface area contributed by atoms with Crippen molar-refractivity contribution >= 4 is 49.1 Å². The molecule has 0 saturated carbocycles. The van der Waals surface area contributed by atoms with E-state index in [4.69, 9.17) is 0 Å². The number of fused-ring (bicyclic) bond motifs is 1. The van der Waals surface area contributed by atoms with Crippen molar-refractivity contribution in [2.24, 2.45) is 0 Å². The largest absolute Gasteiger partial charge is 0.321 e. The Hall–Kier alpha value is -2.44. The number of hydrogen-bond donors (Lipinski definition) is 1. The molecule has 4 rings (SSSR count). The summed E-state index contributed by atoms with van der Waals surface area (Å²) in [5.74, 6) is -0.107. The standard InChI is InChI=1S/C20H16BrN3OS/c1-12-5-3-4-6-17(12)24-20-16(13(2)23-24)11-18(26-20)19(25)22-15-9-7-14(21)8-10-15/h3-11H,1-2H3,(H,22,25). The Morgan fingerprint density at radius 2 is 1.85 bits per heavy atom. The highest BCUT2D eigenvalue weighted by molar-refractivity contribution is 9.10. The molecular weight excluding hydrogens is 410 g/mol. The molecule has 2 aromatic carbocycles. The van der Waals surface area contributed by atoms with Crippen LogP contribution in [-0.2, 0) is 0 Å². The van der Waals surface area contributed by atoms with Crippen LogP contribution in [0.3, 0.4) is 0 Å². The van der Waals surface area contributed by atoms with E-state index in [9.17, 15) is 4.79 Å². The fourth-order valence-corrected chi connectivity index (χ4v) is 4.18. The van der Waals surface area contributed by atoms with Gasteiger partial charge in [0.1, 0.15) is 4.83 Å². The quantitative estimate of drug-likeness (QED) is 0.456. The normalized spacial score (nSPS) is 11.0. The van der Waals surface area contributed by atoms with Gasteiger partial charge in [0.15, 0.2) is 0 Å². The van der Waals surface area contributed by atoms with Crippen molar-refractivity contribution in [1.82, 2.24) is 9.78 Å². The lowest BCUT2D eigenvalue weighted by atomic mass is 10.2. The summed E-state index contributed by atoms with van der Waals surface area (Å²) in [6.07, 6.45) is 0. The van der Waals surface area contributed by atoms with Gasteiger partial charge >= 0.3 is 0 Å². The molecule has 4 aromatic rings. The molecule has 4 nitrogen and oxygen atoms in total. The van der Waals surface area contributed by atoms with Gasteiger partial charge in [-0.15, -0.1) is 11.3 Å². The number of para-hydroxylation sites is 1. The Balaban J connectivity index is 1.72. The number of halogens is 1. The van der Waals surface area contributed by atoms with E-state index in [1.54, 1.807) is 0 Å². The molecule has 2 aromatic heterocycles. The summed E-state index contributed by atoms with van der Waals surface area (Å²) in [7, 11) is 0. The monoisotopic (exact) mass is 425 g/mol. The van der Waals surface area contributed by atoms with Gasteiger partial charge in [-0.3, -0.25) is 4.79 Å². The topological polar surface area (TPSA) is 46.9 Å². The van der Waals surface area contributed by atoms with Crippen LogP contribution in [0.5, 0.6) is 0 Å². The van der Waals surface area contributed by atoms with Crippen LogP contribution >= 0.6 is 27.3 Å². The first-order chi connectivity index (χ1) is 12.5. The predicted octanol–water partition coefficient (Wildman–Crippen LogP) is 5.72. The lowest BCUT2D eigenvalue weighted by Crippen LogP contribution is -2.09. The van der Waals surface area contributed by atoms with Crippen molar-refractivity contribution in [2.75, 3.05) is 5.32 Å². The molecule has 0 radical (unpaired) electrons. The summed E-state index contributed by atoms with van der Waals surface area (Å²) < 4.78 is 2.91. The van der Waals surface area contributed by atoms with Crippen molar-refractivity contribution in [1.29, 1.82) is 0 Å². The SMILES string of the molecule is Cc1ccccc1-n1nc(C)c2cc(C(=O)Nc3ccc(Br)cc3)sc21. The second-order valence-corrected chi connectivity index (χ2v) is 8.02. The summed E-state index contributed by atoms with van der Waals surface area (Å²) >= 11 is 4.86.